The monoisotopic (exact) mass is 310 g/mol. The molecule has 0 aliphatic heterocycles. The van der Waals surface area contributed by atoms with Gasteiger partial charge in [-0.1, -0.05) is 11.6 Å². The second-order valence-corrected chi connectivity index (χ2v) is 4.17. The molecule has 0 fully saturated rings. The van der Waals surface area contributed by atoms with E-state index in [1.165, 1.54) is 6.07 Å². The van der Waals surface area contributed by atoms with Gasteiger partial charge in [0.25, 0.3) is 6.43 Å². The van der Waals surface area contributed by atoms with Gasteiger partial charge in [-0.3, -0.25) is 0 Å². The standard InChI is InChI=1S/C9H3BrClF3N2/c10-4-1-3-6(2-5(4)12)15-9(8(13)14)16-7(3)11/h1-2,8H. The predicted octanol–water partition coefficient (Wildman–Crippen LogP) is 4.12. The lowest BCUT2D eigenvalue weighted by molar-refractivity contribution is 0.141. The van der Waals surface area contributed by atoms with Crippen molar-refractivity contribution in [3.05, 3.63) is 33.4 Å². The Bertz CT molecular complexity index is 562. The van der Waals surface area contributed by atoms with Crippen LogP contribution in [0.5, 0.6) is 0 Å². The van der Waals surface area contributed by atoms with Crippen LogP contribution in [-0.2, 0) is 0 Å². The van der Waals surface area contributed by atoms with Crippen LogP contribution in [0.4, 0.5) is 13.2 Å². The topological polar surface area (TPSA) is 25.8 Å². The van der Waals surface area contributed by atoms with Crippen molar-refractivity contribution < 1.29 is 13.2 Å². The summed E-state index contributed by atoms with van der Waals surface area (Å²) >= 11 is 8.66. The van der Waals surface area contributed by atoms with Gasteiger partial charge in [0.15, 0.2) is 5.82 Å². The number of hydrogen-bond acceptors (Lipinski definition) is 2. The first-order chi connectivity index (χ1) is 7.49. The first-order valence-electron chi connectivity index (χ1n) is 4.09. The quantitative estimate of drug-likeness (QED) is 0.740. The zero-order valence-electron chi connectivity index (χ0n) is 7.52. The average molecular weight is 311 g/mol. The minimum atomic E-state index is -2.84. The van der Waals surface area contributed by atoms with E-state index in [2.05, 4.69) is 25.9 Å². The third-order valence-electron chi connectivity index (χ3n) is 1.90. The summed E-state index contributed by atoms with van der Waals surface area (Å²) in [4.78, 5) is 6.96. The van der Waals surface area contributed by atoms with Crippen LogP contribution in [0.25, 0.3) is 10.9 Å². The molecule has 0 N–H and O–H groups in total. The molecule has 2 aromatic rings. The maximum atomic E-state index is 13.2. The molecule has 0 bridgehead atoms. The number of alkyl halides is 2. The van der Waals surface area contributed by atoms with E-state index in [4.69, 9.17) is 11.6 Å². The van der Waals surface area contributed by atoms with Crippen molar-refractivity contribution in [1.29, 1.82) is 0 Å². The molecule has 16 heavy (non-hydrogen) atoms. The largest absolute Gasteiger partial charge is 0.297 e. The summed E-state index contributed by atoms with van der Waals surface area (Å²) in [5, 5.41) is 0.195. The molecule has 0 amide bonds. The van der Waals surface area contributed by atoms with Crippen LogP contribution in [0.2, 0.25) is 5.15 Å². The van der Waals surface area contributed by atoms with Gasteiger partial charge in [0.1, 0.15) is 11.0 Å². The van der Waals surface area contributed by atoms with Gasteiger partial charge in [-0.15, -0.1) is 0 Å². The van der Waals surface area contributed by atoms with Crippen molar-refractivity contribution >= 4 is 38.4 Å². The Labute approximate surface area is 102 Å². The van der Waals surface area contributed by atoms with Gasteiger partial charge in [-0.2, -0.15) is 0 Å². The van der Waals surface area contributed by atoms with Crippen LogP contribution in [0.3, 0.4) is 0 Å². The molecule has 0 atom stereocenters. The molecule has 84 valence electrons. The van der Waals surface area contributed by atoms with E-state index >= 15 is 0 Å². The Balaban J connectivity index is 2.77. The molecular formula is C9H3BrClF3N2. The number of benzene rings is 1. The minimum absolute atomic E-state index is 0.0519. The number of nitrogens with zero attached hydrogens (tertiary/aromatic N) is 2. The fourth-order valence-electron chi connectivity index (χ4n) is 1.20. The SMILES string of the molecule is Fc1cc2nc(C(F)F)nc(Cl)c2cc1Br. The number of rotatable bonds is 1. The van der Waals surface area contributed by atoms with Crippen molar-refractivity contribution in [3.63, 3.8) is 0 Å². The Morgan fingerprint density at radius 2 is 1.94 bits per heavy atom. The van der Waals surface area contributed by atoms with E-state index in [0.29, 0.717) is 5.39 Å². The molecule has 0 saturated carbocycles. The van der Waals surface area contributed by atoms with Crippen molar-refractivity contribution in [1.82, 2.24) is 9.97 Å². The van der Waals surface area contributed by atoms with E-state index in [-0.39, 0.29) is 15.1 Å². The maximum absolute atomic E-state index is 13.2. The van der Waals surface area contributed by atoms with Crippen molar-refractivity contribution in [2.24, 2.45) is 0 Å². The molecule has 1 aromatic carbocycles. The van der Waals surface area contributed by atoms with E-state index in [9.17, 15) is 13.2 Å². The van der Waals surface area contributed by atoms with Crippen molar-refractivity contribution in [2.45, 2.75) is 6.43 Å². The number of fused-ring (bicyclic) bond motifs is 1. The Kier molecular flexibility index (Phi) is 3.03. The van der Waals surface area contributed by atoms with Crippen LogP contribution in [0, 0.1) is 5.82 Å². The molecule has 0 saturated heterocycles. The molecule has 2 nitrogen and oxygen atoms in total. The molecular weight excluding hydrogens is 308 g/mol. The molecule has 0 radical (unpaired) electrons. The highest BCUT2D eigenvalue weighted by Gasteiger charge is 2.15. The first kappa shape index (κ1) is 11.6. The zero-order chi connectivity index (χ0) is 11.9. The zero-order valence-corrected chi connectivity index (χ0v) is 9.86. The predicted molar refractivity (Wildman–Crippen MR) is 57.2 cm³/mol. The highest BCUT2D eigenvalue weighted by molar-refractivity contribution is 9.10. The van der Waals surface area contributed by atoms with Crippen LogP contribution >= 0.6 is 27.5 Å². The summed E-state index contributed by atoms with van der Waals surface area (Å²) in [5.41, 5.74) is 0.0519. The number of hydrogen-bond donors (Lipinski definition) is 0. The lowest BCUT2D eigenvalue weighted by atomic mass is 10.2. The summed E-state index contributed by atoms with van der Waals surface area (Å²) in [7, 11) is 0. The lowest BCUT2D eigenvalue weighted by Gasteiger charge is -2.04. The Hall–Kier alpha value is -0.880. The van der Waals surface area contributed by atoms with E-state index in [0.717, 1.165) is 6.07 Å². The normalized spacial score (nSPS) is 11.4. The molecule has 1 heterocycles. The maximum Gasteiger partial charge on any atom is 0.297 e. The van der Waals surface area contributed by atoms with Gasteiger partial charge in [0.2, 0.25) is 0 Å². The lowest BCUT2D eigenvalue weighted by Crippen LogP contribution is -1.97. The molecule has 0 aliphatic rings. The van der Waals surface area contributed by atoms with Crippen molar-refractivity contribution in [3.8, 4) is 0 Å². The van der Waals surface area contributed by atoms with E-state index < -0.39 is 18.1 Å². The average Bonchev–Trinajstić information content (AvgIpc) is 2.20. The Morgan fingerprint density at radius 3 is 2.56 bits per heavy atom. The van der Waals surface area contributed by atoms with Crippen LogP contribution in [-0.4, -0.2) is 9.97 Å². The summed E-state index contributed by atoms with van der Waals surface area (Å²) < 4.78 is 38.1. The summed E-state index contributed by atoms with van der Waals surface area (Å²) in [6, 6.07) is 2.38. The first-order valence-corrected chi connectivity index (χ1v) is 5.26. The third-order valence-corrected chi connectivity index (χ3v) is 2.80. The van der Waals surface area contributed by atoms with Crippen LogP contribution < -0.4 is 0 Å². The van der Waals surface area contributed by atoms with Crippen LogP contribution in [0.1, 0.15) is 12.2 Å². The number of aromatic nitrogens is 2. The van der Waals surface area contributed by atoms with Gasteiger partial charge in [-0.25, -0.2) is 23.1 Å². The molecule has 0 aliphatic carbocycles. The summed E-state index contributed by atoms with van der Waals surface area (Å²) in [6.07, 6.45) is -2.84. The number of halogens is 5. The molecule has 1 aromatic heterocycles. The molecule has 0 unspecified atom stereocenters. The van der Waals surface area contributed by atoms with E-state index in [1.54, 1.807) is 0 Å². The second kappa shape index (κ2) is 4.18. The highest BCUT2D eigenvalue weighted by atomic mass is 79.9. The Morgan fingerprint density at radius 1 is 1.25 bits per heavy atom. The van der Waals surface area contributed by atoms with Gasteiger partial charge < -0.3 is 0 Å². The molecule has 0 spiro atoms. The fourth-order valence-corrected chi connectivity index (χ4v) is 1.78. The molecule has 2 rings (SSSR count). The highest BCUT2D eigenvalue weighted by Crippen LogP contribution is 2.28. The van der Waals surface area contributed by atoms with Crippen LogP contribution in [0.15, 0.2) is 16.6 Å². The van der Waals surface area contributed by atoms with Gasteiger partial charge >= 0.3 is 0 Å². The second-order valence-electron chi connectivity index (χ2n) is 2.96. The van der Waals surface area contributed by atoms with Gasteiger partial charge in [0, 0.05) is 11.5 Å². The summed E-state index contributed by atoms with van der Waals surface area (Å²) in [5.74, 6) is -1.30. The smallest absolute Gasteiger partial charge is 0.227 e. The van der Waals surface area contributed by atoms with Crippen molar-refractivity contribution in [2.75, 3.05) is 0 Å². The fraction of sp³-hybridized carbons (Fsp3) is 0.111. The third kappa shape index (κ3) is 1.99. The summed E-state index contributed by atoms with van der Waals surface area (Å²) in [6.45, 7) is 0. The van der Waals surface area contributed by atoms with E-state index in [1.807, 2.05) is 0 Å². The van der Waals surface area contributed by atoms with Gasteiger partial charge in [-0.05, 0) is 22.0 Å². The minimum Gasteiger partial charge on any atom is -0.227 e. The van der Waals surface area contributed by atoms with Gasteiger partial charge in [0.05, 0.1) is 9.99 Å². The molecule has 7 heteroatoms.